The highest BCUT2D eigenvalue weighted by Crippen LogP contribution is 2.28. The van der Waals surface area contributed by atoms with E-state index in [1.54, 1.807) is 0 Å². The lowest BCUT2D eigenvalue weighted by atomic mass is 10.0. The third kappa shape index (κ3) is 7.04. The minimum Gasteiger partial charge on any atom is -0.355 e. The number of fused-ring (bicyclic) bond motifs is 3. The maximum atomic E-state index is 12.6. The number of ketones is 2. The SMILES string of the molecule is CCNCCCC(=O)c1ccc2[nH]c3ccc(C(=O)CCCNCC)cc3c2c1.Cl.Cl. The molecule has 0 atom stereocenters. The number of halogens is 2. The Hall–Kier alpha value is -1.92. The molecule has 31 heavy (non-hydrogen) atoms. The third-order valence-corrected chi connectivity index (χ3v) is 5.26. The van der Waals surface area contributed by atoms with Crippen LogP contribution in [0.5, 0.6) is 0 Å². The van der Waals surface area contributed by atoms with Crippen molar-refractivity contribution < 1.29 is 9.59 Å². The minimum atomic E-state index is 0. The van der Waals surface area contributed by atoms with Gasteiger partial charge in [0.2, 0.25) is 0 Å². The Morgan fingerprint density at radius 3 is 1.55 bits per heavy atom. The van der Waals surface area contributed by atoms with Crippen molar-refractivity contribution in [2.45, 2.75) is 39.5 Å². The van der Waals surface area contributed by atoms with Gasteiger partial charge in [-0.2, -0.15) is 0 Å². The summed E-state index contributed by atoms with van der Waals surface area (Å²) in [7, 11) is 0. The average molecular weight is 466 g/mol. The first kappa shape index (κ1) is 27.1. The first-order valence-electron chi connectivity index (χ1n) is 10.7. The second-order valence-electron chi connectivity index (χ2n) is 7.41. The van der Waals surface area contributed by atoms with E-state index in [1.165, 1.54) is 0 Å². The van der Waals surface area contributed by atoms with Gasteiger partial charge in [-0.1, -0.05) is 13.8 Å². The van der Waals surface area contributed by atoms with Crippen LogP contribution in [-0.2, 0) is 0 Å². The highest BCUT2D eigenvalue weighted by atomic mass is 35.5. The van der Waals surface area contributed by atoms with E-state index >= 15 is 0 Å². The molecule has 2 aromatic carbocycles. The summed E-state index contributed by atoms with van der Waals surface area (Å²) in [6.45, 7) is 7.69. The topological polar surface area (TPSA) is 74.0 Å². The van der Waals surface area contributed by atoms with Gasteiger partial charge in [-0.05, 0) is 75.4 Å². The number of aromatic nitrogens is 1. The number of carbonyl (C=O) groups excluding carboxylic acids is 2. The molecule has 5 nitrogen and oxygen atoms in total. The Morgan fingerprint density at radius 2 is 1.16 bits per heavy atom. The summed E-state index contributed by atoms with van der Waals surface area (Å²) >= 11 is 0. The van der Waals surface area contributed by atoms with E-state index in [4.69, 9.17) is 0 Å². The minimum absolute atomic E-state index is 0. The van der Waals surface area contributed by atoms with E-state index in [-0.39, 0.29) is 36.4 Å². The van der Waals surface area contributed by atoms with Gasteiger partial charge >= 0.3 is 0 Å². The van der Waals surface area contributed by atoms with Crippen molar-refractivity contribution in [3.05, 3.63) is 47.5 Å². The van der Waals surface area contributed by atoms with Crippen LogP contribution in [0.3, 0.4) is 0 Å². The Balaban J connectivity index is 0.00000240. The molecule has 1 heterocycles. The maximum absolute atomic E-state index is 12.6. The zero-order valence-electron chi connectivity index (χ0n) is 18.3. The molecule has 0 aliphatic carbocycles. The fraction of sp³-hybridized carbons (Fsp3) is 0.417. The van der Waals surface area contributed by atoms with E-state index in [1.807, 2.05) is 36.4 Å². The van der Waals surface area contributed by atoms with Crippen LogP contribution in [-0.4, -0.2) is 42.7 Å². The summed E-state index contributed by atoms with van der Waals surface area (Å²) in [5.74, 6) is 0.324. The van der Waals surface area contributed by atoms with Gasteiger partial charge in [0.15, 0.2) is 11.6 Å². The van der Waals surface area contributed by atoms with E-state index in [0.29, 0.717) is 12.8 Å². The molecule has 0 fully saturated rings. The molecule has 0 amide bonds. The summed E-state index contributed by atoms with van der Waals surface area (Å²) < 4.78 is 0. The molecular weight excluding hydrogens is 433 g/mol. The molecule has 0 aliphatic heterocycles. The number of benzene rings is 2. The van der Waals surface area contributed by atoms with Gasteiger partial charge in [0.05, 0.1) is 0 Å². The zero-order valence-corrected chi connectivity index (χ0v) is 19.9. The van der Waals surface area contributed by atoms with Crippen LogP contribution in [0.2, 0.25) is 0 Å². The molecular formula is C24H33Cl2N3O2. The van der Waals surface area contributed by atoms with Gasteiger partial charge in [-0.25, -0.2) is 0 Å². The molecule has 170 valence electrons. The molecule has 3 N–H and O–H groups in total. The van der Waals surface area contributed by atoms with E-state index < -0.39 is 0 Å². The quantitative estimate of drug-likeness (QED) is 0.250. The van der Waals surface area contributed by atoms with E-state index in [9.17, 15) is 9.59 Å². The van der Waals surface area contributed by atoms with Crippen LogP contribution >= 0.6 is 24.8 Å². The van der Waals surface area contributed by atoms with Crippen LogP contribution in [0.15, 0.2) is 36.4 Å². The standard InChI is InChI=1S/C24H31N3O2.2ClH/c1-3-25-13-5-7-23(28)17-9-11-21-19(15-17)20-16-18(10-12-22(20)27-21)24(29)8-6-14-26-4-2;;/h9-12,15-16,25-27H,3-8,13-14H2,1-2H3;2*1H. The third-order valence-electron chi connectivity index (χ3n) is 5.26. The molecule has 0 spiro atoms. The molecule has 7 heteroatoms. The number of H-pyrrole nitrogens is 1. The zero-order chi connectivity index (χ0) is 20.6. The Bertz CT molecular complexity index is 923. The smallest absolute Gasteiger partial charge is 0.162 e. The number of Topliss-reactive ketones (excluding diaryl/α,β-unsaturated/α-hetero) is 2. The van der Waals surface area contributed by atoms with Crippen molar-refractivity contribution in [1.82, 2.24) is 15.6 Å². The summed E-state index contributed by atoms with van der Waals surface area (Å²) in [6.07, 6.45) is 2.75. The van der Waals surface area contributed by atoms with Crippen LogP contribution in [0, 0.1) is 0 Å². The molecule has 0 aliphatic rings. The Morgan fingerprint density at radius 1 is 0.742 bits per heavy atom. The highest BCUT2D eigenvalue weighted by Gasteiger charge is 2.12. The van der Waals surface area contributed by atoms with Crippen molar-refractivity contribution in [3.8, 4) is 0 Å². The molecule has 0 saturated carbocycles. The largest absolute Gasteiger partial charge is 0.355 e. The predicted octanol–water partition coefficient (Wildman–Crippen LogP) is 5.31. The maximum Gasteiger partial charge on any atom is 0.162 e. The predicted molar refractivity (Wildman–Crippen MR) is 135 cm³/mol. The molecule has 1 aromatic heterocycles. The average Bonchev–Trinajstić information content (AvgIpc) is 3.11. The molecule has 0 saturated heterocycles. The van der Waals surface area contributed by atoms with Gasteiger partial charge in [0.25, 0.3) is 0 Å². The number of hydrogen-bond donors (Lipinski definition) is 3. The lowest BCUT2D eigenvalue weighted by Gasteiger charge is -2.04. The molecule has 0 bridgehead atoms. The molecule has 0 radical (unpaired) electrons. The van der Waals surface area contributed by atoms with Gasteiger partial charge in [-0.3, -0.25) is 9.59 Å². The highest BCUT2D eigenvalue weighted by molar-refractivity contribution is 6.12. The van der Waals surface area contributed by atoms with Crippen LogP contribution in [0.4, 0.5) is 0 Å². The van der Waals surface area contributed by atoms with Crippen molar-refractivity contribution in [2.24, 2.45) is 0 Å². The van der Waals surface area contributed by atoms with Gasteiger partial charge in [-0.15, -0.1) is 24.8 Å². The lowest BCUT2D eigenvalue weighted by Crippen LogP contribution is -2.15. The molecule has 3 rings (SSSR count). The number of nitrogens with one attached hydrogen (secondary N) is 3. The van der Waals surface area contributed by atoms with Gasteiger partial charge in [0, 0.05) is 45.8 Å². The van der Waals surface area contributed by atoms with E-state index in [0.717, 1.165) is 72.0 Å². The van der Waals surface area contributed by atoms with Crippen LogP contribution < -0.4 is 10.6 Å². The summed E-state index contributed by atoms with van der Waals surface area (Å²) in [4.78, 5) is 28.5. The van der Waals surface area contributed by atoms with Crippen molar-refractivity contribution in [2.75, 3.05) is 26.2 Å². The summed E-state index contributed by atoms with van der Waals surface area (Å²) in [6, 6.07) is 11.6. The number of hydrogen-bond acceptors (Lipinski definition) is 4. The second kappa shape index (κ2) is 13.5. The second-order valence-corrected chi connectivity index (χ2v) is 7.41. The number of rotatable bonds is 12. The van der Waals surface area contributed by atoms with Crippen molar-refractivity contribution >= 4 is 58.2 Å². The van der Waals surface area contributed by atoms with Gasteiger partial charge in [0.1, 0.15) is 0 Å². The molecule has 3 aromatic rings. The summed E-state index contributed by atoms with van der Waals surface area (Å²) in [5.41, 5.74) is 3.44. The van der Waals surface area contributed by atoms with Crippen molar-refractivity contribution in [1.29, 1.82) is 0 Å². The normalized spacial score (nSPS) is 10.6. The Labute approximate surface area is 196 Å². The first-order valence-corrected chi connectivity index (χ1v) is 10.7. The summed E-state index contributed by atoms with van der Waals surface area (Å²) in [5, 5.41) is 8.50. The monoisotopic (exact) mass is 465 g/mol. The lowest BCUT2D eigenvalue weighted by molar-refractivity contribution is 0.0972. The van der Waals surface area contributed by atoms with Crippen molar-refractivity contribution in [3.63, 3.8) is 0 Å². The van der Waals surface area contributed by atoms with E-state index in [2.05, 4.69) is 29.5 Å². The number of carbonyl (C=O) groups is 2. The number of aromatic amines is 1. The molecule has 0 unspecified atom stereocenters. The fourth-order valence-corrected chi connectivity index (χ4v) is 3.63. The first-order chi connectivity index (χ1) is 14.1. The van der Waals surface area contributed by atoms with Gasteiger partial charge < -0.3 is 15.6 Å². The van der Waals surface area contributed by atoms with Crippen LogP contribution in [0.25, 0.3) is 21.8 Å². The van der Waals surface area contributed by atoms with Crippen LogP contribution in [0.1, 0.15) is 60.2 Å². The Kier molecular flexibility index (Phi) is 11.8. The fourth-order valence-electron chi connectivity index (χ4n) is 3.63.